The molecule has 0 saturated carbocycles. The maximum absolute atomic E-state index is 11.8. The number of anilines is 1. The Balaban J connectivity index is 2.05. The summed E-state index contributed by atoms with van der Waals surface area (Å²) in [6.07, 6.45) is 0.614. The van der Waals surface area contributed by atoms with Crippen LogP contribution in [0.1, 0.15) is 16.2 Å². The summed E-state index contributed by atoms with van der Waals surface area (Å²) >= 11 is 1.02. The highest BCUT2D eigenvalue weighted by Crippen LogP contribution is 2.18. The van der Waals surface area contributed by atoms with Crippen LogP contribution in [0.2, 0.25) is 0 Å². The van der Waals surface area contributed by atoms with E-state index in [2.05, 4.69) is 15.5 Å². The van der Waals surface area contributed by atoms with Gasteiger partial charge in [0.15, 0.2) is 0 Å². The van der Waals surface area contributed by atoms with E-state index in [1.165, 1.54) is 4.90 Å². The van der Waals surface area contributed by atoms with Crippen molar-refractivity contribution in [2.45, 2.75) is 12.5 Å². The number of hydrogen-bond donors (Lipinski definition) is 2. The molecule has 2 rings (SSSR count). The molecule has 0 radical (unpaired) electrons. The van der Waals surface area contributed by atoms with Gasteiger partial charge in [0.1, 0.15) is 0 Å². The topological polar surface area (TPSA) is 95.4 Å². The van der Waals surface area contributed by atoms with E-state index in [0.717, 1.165) is 11.3 Å². The smallest absolute Gasteiger partial charge is 0.284 e. The minimum Gasteiger partial charge on any atom is -0.391 e. The molecule has 1 saturated heterocycles. The van der Waals surface area contributed by atoms with Crippen LogP contribution >= 0.6 is 11.3 Å². The number of rotatable bonds is 3. The zero-order valence-electron chi connectivity index (χ0n) is 8.29. The Bertz CT molecular complexity index is 408. The van der Waals surface area contributed by atoms with Crippen molar-refractivity contribution in [2.75, 3.05) is 18.4 Å². The fraction of sp³-hybridized carbons (Fsp3) is 0.500. The van der Waals surface area contributed by atoms with Crippen molar-refractivity contribution >= 4 is 28.8 Å². The van der Waals surface area contributed by atoms with Gasteiger partial charge in [0.05, 0.1) is 6.10 Å². The lowest BCUT2D eigenvalue weighted by atomic mass is 10.3. The molecule has 1 atom stereocenters. The number of nitrogens with one attached hydrogen (secondary N) is 1. The molecule has 1 fully saturated rings. The zero-order valence-corrected chi connectivity index (χ0v) is 9.11. The van der Waals surface area contributed by atoms with E-state index in [0.29, 0.717) is 25.9 Å². The molecule has 0 unspecified atom stereocenters. The molecule has 1 aromatic heterocycles. The lowest BCUT2D eigenvalue weighted by Gasteiger charge is -2.12. The maximum atomic E-state index is 11.8. The summed E-state index contributed by atoms with van der Waals surface area (Å²) in [6.45, 7) is 0.852. The summed E-state index contributed by atoms with van der Waals surface area (Å²) in [5.41, 5.74) is 0. The summed E-state index contributed by atoms with van der Waals surface area (Å²) in [6, 6.07) is 0. The standard InChI is InChI=1S/C8H10N4O3S/c13-4-9-8-11-10-6(16-8)7(15)12-2-1-5(14)3-12/h4-5,14H,1-3H2,(H,9,11,13)/t5-/m1/s1. The number of aliphatic hydroxyl groups excluding tert-OH is 1. The number of aromatic nitrogens is 2. The summed E-state index contributed by atoms with van der Waals surface area (Å²) in [4.78, 5) is 23.5. The van der Waals surface area contributed by atoms with Gasteiger partial charge in [-0.25, -0.2) is 0 Å². The van der Waals surface area contributed by atoms with Gasteiger partial charge in [0.2, 0.25) is 16.5 Å². The Labute approximate surface area is 95.1 Å². The normalized spacial score (nSPS) is 19.8. The summed E-state index contributed by atoms with van der Waals surface area (Å²) in [5.74, 6) is -0.256. The number of carbonyl (C=O) groups is 2. The van der Waals surface area contributed by atoms with E-state index >= 15 is 0 Å². The van der Waals surface area contributed by atoms with E-state index in [4.69, 9.17) is 0 Å². The summed E-state index contributed by atoms with van der Waals surface area (Å²) < 4.78 is 0. The molecular formula is C8H10N4O3S. The van der Waals surface area contributed by atoms with Crippen LogP contribution in [0.5, 0.6) is 0 Å². The van der Waals surface area contributed by atoms with Gasteiger partial charge >= 0.3 is 0 Å². The number of amides is 2. The number of nitrogens with zero attached hydrogens (tertiary/aromatic N) is 3. The Morgan fingerprint density at radius 1 is 1.62 bits per heavy atom. The van der Waals surface area contributed by atoms with Crippen LogP contribution in [-0.4, -0.2) is 51.7 Å². The first-order valence-electron chi connectivity index (χ1n) is 4.71. The molecule has 1 aliphatic rings. The van der Waals surface area contributed by atoms with Crippen LogP contribution in [0.15, 0.2) is 0 Å². The fourth-order valence-corrected chi connectivity index (χ4v) is 2.15. The fourth-order valence-electron chi connectivity index (χ4n) is 1.48. The Hall–Kier alpha value is -1.54. The second-order valence-electron chi connectivity index (χ2n) is 3.37. The molecule has 86 valence electrons. The number of likely N-dealkylation sites (tertiary alicyclic amines) is 1. The first kappa shape index (κ1) is 11.0. The minimum absolute atomic E-state index is 0.221. The molecule has 2 amide bonds. The molecule has 2 N–H and O–H groups in total. The van der Waals surface area contributed by atoms with Gasteiger partial charge in [-0.1, -0.05) is 11.3 Å². The molecule has 1 aliphatic heterocycles. The summed E-state index contributed by atoms with van der Waals surface area (Å²) in [7, 11) is 0. The summed E-state index contributed by atoms with van der Waals surface area (Å²) in [5, 5.41) is 19.4. The second kappa shape index (κ2) is 4.54. The van der Waals surface area contributed by atoms with Crippen LogP contribution in [0.3, 0.4) is 0 Å². The molecule has 1 aromatic rings. The number of β-amino-alcohol motifs (C(OH)–C–C–N with tert-alkyl or cyclic N) is 1. The van der Waals surface area contributed by atoms with Crippen LogP contribution in [0.25, 0.3) is 0 Å². The van der Waals surface area contributed by atoms with Gasteiger partial charge in [-0.3, -0.25) is 9.59 Å². The first-order valence-corrected chi connectivity index (χ1v) is 5.53. The van der Waals surface area contributed by atoms with E-state index in [1.54, 1.807) is 0 Å². The molecule has 7 nitrogen and oxygen atoms in total. The van der Waals surface area contributed by atoms with Gasteiger partial charge in [0.25, 0.3) is 5.91 Å². The third-order valence-corrected chi connectivity index (χ3v) is 3.08. The first-order chi connectivity index (χ1) is 7.70. The second-order valence-corrected chi connectivity index (χ2v) is 4.35. The van der Waals surface area contributed by atoms with Gasteiger partial charge in [-0.05, 0) is 6.42 Å². The van der Waals surface area contributed by atoms with Crippen molar-refractivity contribution in [3.8, 4) is 0 Å². The van der Waals surface area contributed by atoms with Crippen molar-refractivity contribution in [1.29, 1.82) is 0 Å². The Kier molecular flexibility index (Phi) is 3.11. The highest BCUT2D eigenvalue weighted by Gasteiger charge is 2.27. The largest absolute Gasteiger partial charge is 0.391 e. The molecule has 16 heavy (non-hydrogen) atoms. The van der Waals surface area contributed by atoms with Crippen molar-refractivity contribution in [2.24, 2.45) is 0 Å². The predicted octanol–water partition coefficient (Wildman–Crippen LogP) is -0.687. The number of carbonyl (C=O) groups excluding carboxylic acids is 2. The van der Waals surface area contributed by atoms with Gasteiger partial charge in [0, 0.05) is 13.1 Å². The van der Waals surface area contributed by atoms with E-state index < -0.39 is 6.10 Å². The Morgan fingerprint density at radius 3 is 3.06 bits per heavy atom. The predicted molar refractivity (Wildman–Crippen MR) is 56.1 cm³/mol. The van der Waals surface area contributed by atoms with Crippen LogP contribution in [-0.2, 0) is 4.79 Å². The lowest BCUT2D eigenvalue weighted by Crippen LogP contribution is -2.29. The van der Waals surface area contributed by atoms with E-state index in [9.17, 15) is 14.7 Å². The van der Waals surface area contributed by atoms with Crippen molar-refractivity contribution in [1.82, 2.24) is 15.1 Å². The molecule has 0 bridgehead atoms. The third-order valence-electron chi connectivity index (χ3n) is 2.24. The molecular weight excluding hydrogens is 232 g/mol. The molecule has 0 spiro atoms. The van der Waals surface area contributed by atoms with Crippen molar-refractivity contribution in [3.05, 3.63) is 5.01 Å². The molecule has 0 aromatic carbocycles. The molecule has 8 heteroatoms. The lowest BCUT2D eigenvalue weighted by molar-refractivity contribution is -0.105. The van der Waals surface area contributed by atoms with Crippen LogP contribution < -0.4 is 5.32 Å². The van der Waals surface area contributed by atoms with Crippen LogP contribution in [0, 0.1) is 0 Å². The van der Waals surface area contributed by atoms with Gasteiger partial charge in [-0.2, -0.15) is 0 Å². The monoisotopic (exact) mass is 242 g/mol. The number of aliphatic hydroxyl groups is 1. The molecule has 2 heterocycles. The number of hydrogen-bond acceptors (Lipinski definition) is 6. The highest BCUT2D eigenvalue weighted by molar-refractivity contribution is 7.17. The van der Waals surface area contributed by atoms with Crippen molar-refractivity contribution in [3.63, 3.8) is 0 Å². The maximum Gasteiger partial charge on any atom is 0.284 e. The van der Waals surface area contributed by atoms with E-state index in [-0.39, 0.29) is 16.0 Å². The minimum atomic E-state index is -0.454. The van der Waals surface area contributed by atoms with Gasteiger partial charge in [-0.15, -0.1) is 10.2 Å². The van der Waals surface area contributed by atoms with Gasteiger partial charge < -0.3 is 15.3 Å². The van der Waals surface area contributed by atoms with E-state index in [1.807, 2.05) is 0 Å². The average Bonchev–Trinajstić information content (AvgIpc) is 2.87. The third kappa shape index (κ3) is 2.17. The van der Waals surface area contributed by atoms with Crippen molar-refractivity contribution < 1.29 is 14.7 Å². The highest BCUT2D eigenvalue weighted by atomic mass is 32.1. The molecule has 0 aliphatic carbocycles. The quantitative estimate of drug-likeness (QED) is 0.684. The zero-order chi connectivity index (χ0) is 11.5. The van der Waals surface area contributed by atoms with Crippen LogP contribution in [0.4, 0.5) is 5.13 Å². The SMILES string of the molecule is O=CNc1nnc(C(=O)N2CC[C@@H](O)C2)s1. The average molecular weight is 242 g/mol. The Morgan fingerprint density at radius 2 is 2.44 bits per heavy atom.